The second-order valence-electron chi connectivity index (χ2n) is 2.89. The highest BCUT2D eigenvalue weighted by Gasteiger charge is 2.12. The minimum absolute atomic E-state index is 0.154. The van der Waals surface area contributed by atoms with Gasteiger partial charge in [-0.05, 0) is 25.5 Å². The Kier molecular flexibility index (Phi) is 3.31. The van der Waals surface area contributed by atoms with Crippen molar-refractivity contribution in [2.75, 3.05) is 13.2 Å². The molecular formula is C9H15NO2. The molecule has 0 radical (unpaired) electrons. The number of nitrogens with two attached hydrogens (primary N) is 1. The molecule has 0 saturated carbocycles. The van der Waals surface area contributed by atoms with Gasteiger partial charge in [0.2, 0.25) is 0 Å². The Morgan fingerprint density at radius 1 is 1.58 bits per heavy atom. The van der Waals surface area contributed by atoms with Crippen molar-refractivity contribution < 1.29 is 9.52 Å². The molecule has 0 aromatic carbocycles. The van der Waals surface area contributed by atoms with Crippen molar-refractivity contribution in [3.8, 4) is 0 Å². The zero-order valence-electron chi connectivity index (χ0n) is 7.29. The van der Waals surface area contributed by atoms with Crippen LogP contribution in [0.15, 0.2) is 16.5 Å². The molecule has 1 rings (SSSR count). The predicted molar refractivity (Wildman–Crippen MR) is 46.9 cm³/mol. The summed E-state index contributed by atoms with van der Waals surface area (Å²) in [5.41, 5.74) is 5.53. The van der Waals surface area contributed by atoms with E-state index in [-0.39, 0.29) is 12.5 Å². The van der Waals surface area contributed by atoms with Crippen molar-refractivity contribution in [3.63, 3.8) is 0 Å². The smallest absolute Gasteiger partial charge is 0.108 e. The topological polar surface area (TPSA) is 59.4 Å². The second-order valence-corrected chi connectivity index (χ2v) is 2.89. The summed E-state index contributed by atoms with van der Waals surface area (Å²) in [5, 5.41) is 8.74. The Labute approximate surface area is 72.2 Å². The van der Waals surface area contributed by atoms with E-state index >= 15 is 0 Å². The van der Waals surface area contributed by atoms with E-state index in [4.69, 9.17) is 15.3 Å². The van der Waals surface area contributed by atoms with E-state index in [1.54, 1.807) is 0 Å². The Morgan fingerprint density at radius 2 is 2.33 bits per heavy atom. The molecule has 1 atom stereocenters. The van der Waals surface area contributed by atoms with Crippen LogP contribution in [0.5, 0.6) is 0 Å². The van der Waals surface area contributed by atoms with Gasteiger partial charge in [0.1, 0.15) is 11.5 Å². The van der Waals surface area contributed by atoms with Crippen molar-refractivity contribution >= 4 is 0 Å². The van der Waals surface area contributed by atoms with Gasteiger partial charge in [-0.15, -0.1) is 0 Å². The first-order valence-electron chi connectivity index (χ1n) is 4.15. The van der Waals surface area contributed by atoms with Crippen LogP contribution in [0.3, 0.4) is 0 Å². The minimum atomic E-state index is 0.154. The van der Waals surface area contributed by atoms with Gasteiger partial charge in [0.25, 0.3) is 0 Å². The first kappa shape index (κ1) is 9.29. The van der Waals surface area contributed by atoms with E-state index in [0.29, 0.717) is 13.0 Å². The maximum absolute atomic E-state index is 8.74. The number of rotatable bonds is 4. The molecule has 0 bridgehead atoms. The van der Waals surface area contributed by atoms with Gasteiger partial charge < -0.3 is 15.3 Å². The van der Waals surface area contributed by atoms with Crippen molar-refractivity contribution in [2.45, 2.75) is 19.3 Å². The molecule has 3 heteroatoms. The fourth-order valence-electron chi connectivity index (χ4n) is 1.20. The maximum atomic E-state index is 8.74. The number of furan rings is 1. The average Bonchev–Trinajstić information content (AvgIpc) is 2.47. The zero-order valence-corrected chi connectivity index (χ0v) is 7.29. The van der Waals surface area contributed by atoms with Gasteiger partial charge in [-0.1, -0.05) is 0 Å². The van der Waals surface area contributed by atoms with Crippen LogP contribution in [-0.4, -0.2) is 18.3 Å². The molecular weight excluding hydrogens is 154 g/mol. The number of hydrogen-bond donors (Lipinski definition) is 2. The van der Waals surface area contributed by atoms with Crippen LogP contribution in [0.2, 0.25) is 0 Å². The van der Waals surface area contributed by atoms with Gasteiger partial charge in [-0.25, -0.2) is 0 Å². The Bertz CT molecular complexity index is 232. The third-order valence-electron chi connectivity index (χ3n) is 1.93. The van der Waals surface area contributed by atoms with Crippen molar-refractivity contribution in [1.29, 1.82) is 0 Å². The average molecular weight is 169 g/mol. The largest absolute Gasteiger partial charge is 0.466 e. The molecule has 68 valence electrons. The van der Waals surface area contributed by atoms with Crippen molar-refractivity contribution in [3.05, 3.63) is 23.7 Å². The zero-order chi connectivity index (χ0) is 8.97. The monoisotopic (exact) mass is 169 g/mol. The highest BCUT2D eigenvalue weighted by molar-refractivity contribution is 5.10. The number of hydrogen-bond acceptors (Lipinski definition) is 3. The molecule has 1 unspecified atom stereocenters. The molecule has 0 spiro atoms. The van der Waals surface area contributed by atoms with E-state index in [9.17, 15) is 0 Å². The van der Waals surface area contributed by atoms with Crippen LogP contribution < -0.4 is 5.73 Å². The molecule has 1 heterocycles. The summed E-state index contributed by atoms with van der Waals surface area (Å²) in [6.45, 7) is 2.57. The molecule has 0 amide bonds. The first-order valence-corrected chi connectivity index (χ1v) is 4.15. The van der Waals surface area contributed by atoms with Gasteiger partial charge in [0.05, 0.1) is 0 Å². The van der Waals surface area contributed by atoms with Gasteiger partial charge in [0, 0.05) is 19.1 Å². The van der Waals surface area contributed by atoms with E-state index in [1.165, 1.54) is 0 Å². The highest BCUT2D eigenvalue weighted by Crippen LogP contribution is 2.20. The molecule has 1 aromatic heterocycles. The molecule has 0 fully saturated rings. The summed E-state index contributed by atoms with van der Waals surface area (Å²) in [6.07, 6.45) is 0.670. The number of aliphatic hydroxyl groups is 1. The lowest BCUT2D eigenvalue weighted by Gasteiger charge is -2.09. The van der Waals surface area contributed by atoms with E-state index in [0.717, 1.165) is 11.5 Å². The third kappa shape index (κ3) is 2.09. The molecule has 12 heavy (non-hydrogen) atoms. The van der Waals surface area contributed by atoms with Crippen LogP contribution in [-0.2, 0) is 0 Å². The first-order chi connectivity index (χ1) is 5.77. The quantitative estimate of drug-likeness (QED) is 0.707. The number of aryl methyl sites for hydroxylation is 1. The lowest BCUT2D eigenvalue weighted by Crippen LogP contribution is -2.13. The number of aliphatic hydroxyl groups excluding tert-OH is 1. The highest BCUT2D eigenvalue weighted by atomic mass is 16.3. The fraction of sp³-hybridized carbons (Fsp3) is 0.556. The molecule has 3 N–H and O–H groups in total. The van der Waals surface area contributed by atoms with Crippen LogP contribution in [0, 0.1) is 6.92 Å². The van der Waals surface area contributed by atoms with Gasteiger partial charge >= 0.3 is 0 Å². The lowest BCUT2D eigenvalue weighted by molar-refractivity contribution is 0.268. The summed E-state index contributed by atoms with van der Waals surface area (Å²) < 4.78 is 5.40. The molecule has 0 saturated heterocycles. The van der Waals surface area contributed by atoms with Crippen LogP contribution in [0.4, 0.5) is 0 Å². The van der Waals surface area contributed by atoms with Crippen LogP contribution in [0.1, 0.15) is 23.9 Å². The molecule has 0 aliphatic heterocycles. The van der Waals surface area contributed by atoms with Crippen LogP contribution >= 0.6 is 0 Å². The van der Waals surface area contributed by atoms with Crippen molar-refractivity contribution in [2.24, 2.45) is 5.73 Å². The molecule has 1 aromatic rings. The second kappa shape index (κ2) is 4.28. The van der Waals surface area contributed by atoms with Crippen LogP contribution in [0.25, 0.3) is 0 Å². The summed E-state index contributed by atoms with van der Waals surface area (Å²) in [4.78, 5) is 0. The normalized spacial score (nSPS) is 13.2. The Hall–Kier alpha value is -0.800. The Morgan fingerprint density at radius 3 is 2.75 bits per heavy atom. The molecule has 3 nitrogen and oxygen atoms in total. The Balaban J connectivity index is 2.66. The SMILES string of the molecule is Cc1ccc(C(CN)CCO)o1. The van der Waals surface area contributed by atoms with E-state index in [2.05, 4.69) is 0 Å². The van der Waals surface area contributed by atoms with E-state index in [1.807, 2.05) is 19.1 Å². The molecule has 0 aliphatic carbocycles. The van der Waals surface area contributed by atoms with Gasteiger partial charge in [-0.2, -0.15) is 0 Å². The van der Waals surface area contributed by atoms with Crippen molar-refractivity contribution in [1.82, 2.24) is 0 Å². The standard InChI is InChI=1S/C9H15NO2/c1-7-2-3-9(12-7)8(6-10)4-5-11/h2-3,8,11H,4-6,10H2,1H3. The predicted octanol–water partition coefficient (Wildman–Crippen LogP) is 1.01. The summed E-state index contributed by atoms with van der Waals surface area (Å²) in [5.74, 6) is 1.93. The summed E-state index contributed by atoms with van der Waals surface area (Å²) in [7, 11) is 0. The summed E-state index contributed by atoms with van der Waals surface area (Å²) in [6, 6.07) is 3.83. The summed E-state index contributed by atoms with van der Waals surface area (Å²) >= 11 is 0. The maximum Gasteiger partial charge on any atom is 0.108 e. The third-order valence-corrected chi connectivity index (χ3v) is 1.93. The minimum Gasteiger partial charge on any atom is -0.466 e. The fourth-order valence-corrected chi connectivity index (χ4v) is 1.20. The van der Waals surface area contributed by atoms with Gasteiger partial charge in [-0.3, -0.25) is 0 Å². The van der Waals surface area contributed by atoms with Gasteiger partial charge in [0.15, 0.2) is 0 Å². The molecule has 0 aliphatic rings. The lowest BCUT2D eigenvalue weighted by atomic mass is 10.0. The van der Waals surface area contributed by atoms with E-state index < -0.39 is 0 Å².